The number of fused-ring (bicyclic) bond motifs is 7. The van der Waals surface area contributed by atoms with Crippen molar-refractivity contribution in [3.05, 3.63) is 41.5 Å². The molecule has 0 spiro atoms. The number of carbonyl (C=O) groups excluding carboxylic acids is 1. The maximum Gasteiger partial charge on any atom is 0.337 e. The Kier molecular flexibility index (Phi) is 9.29. The van der Waals surface area contributed by atoms with Crippen molar-refractivity contribution >= 4 is 21.4 Å². The molecule has 1 aliphatic heterocycles. The predicted molar refractivity (Wildman–Crippen MR) is 202 cm³/mol. The Morgan fingerprint density at radius 2 is 1.64 bits per heavy atom. The molecule has 7 nitrogen and oxygen atoms in total. The maximum absolute atomic E-state index is 12.1. The smallest absolute Gasteiger partial charge is 0.337 e. The van der Waals surface area contributed by atoms with Gasteiger partial charge in [0.2, 0.25) is 0 Å². The summed E-state index contributed by atoms with van der Waals surface area (Å²) in [6, 6.07) is 8.28. The van der Waals surface area contributed by atoms with E-state index in [1.54, 1.807) is 0 Å². The van der Waals surface area contributed by atoms with Gasteiger partial charge < -0.3 is 20.7 Å². The van der Waals surface area contributed by atoms with E-state index in [0.29, 0.717) is 59.7 Å². The summed E-state index contributed by atoms with van der Waals surface area (Å²) in [5.74, 6) is 3.40. The van der Waals surface area contributed by atoms with Crippen molar-refractivity contribution in [3.8, 4) is 0 Å². The van der Waals surface area contributed by atoms with Crippen LogP contribution in [0.25, 0.3) is 5.57 Å². The Morgan fingerprint density at radius 1 is 0.940 bits per heavy atom. The summed E-state index contributed by atoms with van der Waals surface area (Å²) in [6.07, 6.45) is 13.8. The van der Waals surface area contributed by atoms with Crippen LogP contribution in [-0.4, -0.2) is 75.7 Å². The molecule has 1 aromatic carbocycles. The molecular formula is C42H65N3O4S. The van der Waals surface area contributed by atoms with Crippen LogP contribution >= 0.6 is 0 Å². The first-order valence-electron chi connectivity index (χ1n) is 19.8. The standard InChI is InChI=1S/C42H65N3O4S/c1-28(43)31-14-19-42(44-22-23-45-24-26-50(47,48)27-25-45)21-20-40(5)33(36(31)42)12-13-35-39(4)17-15-32(29-8-10-30(11-9-29)37(46)49-7)38(2,3)34(39)16-18-41(35,40)6/h8-11,15,28,31,33-36,44H,12-14,16-27,43H2,1-7H3/t28?,31-,33?,34-,35+,36+,39-,40+,41+,42-/m0/s1. The molecule has 7 rings (SSSR count). The third kappa shape index (κ3) is 5.58. The number of hydrogen-bond acceptors (Lipinski definition) is 7. The van der Waals surface area contributed by atoms with Gasteiger partial charge in [0.05, 0.1) is 24.2 Å². The third-order valence-electron chi connectivity index (χ3n) is 16.7. The molecule has 0 aromatic heterocycles. The number of methoxy groups -OCH3 is 1. The third-order valence-corrected chi connectivity index (χ3v) is 18.3. The molecule has 50 heavy (non-hydrogen) atoms. The second kappa shape index (κ2) is 12.7. The van der Waals surface area contributed by atoms with E-state index in [0.717, 1.165) is 19.5 Å². The fourth-order valence-corrected chi connectivity index (χ4v) is 15.3. The summed E-state index contributed by atoms with van der Waals surface area (Å²) >= 11 is 0. The van der Waals surface area contributed by atoms with E-state index < -0.39 is 9.84 Å². The first-order valence-corrected chi connectivity index (χ1v) is 21.7. The van der Waals surface area contributed by atoms with E-state index in [1.165, 1.54) is 69.6 Å². The summed E-state index contributed by atoms with van der Waals surface area (Å²) in [5, 5.41) is 4.20. The van der Waals surface area contributed by atoms with Gasteiger partial charge in [0.1, 0.15) is 0 Å². The number of allylic oxidation sites excluding steroid dienone is 2. The Labute approximate surface area is 302 Å². The first-order chi connectivity index (χ1) is 23.5. The van der Waals surface area contributed by atoms with Gasteiger partial charge in [0, 0.05) is 37.8 Å². The average Bonchev–Trinajstić information content (AvgIpc) is 3.45. The fourth-order valence-electron chi connectivity index (χ4n) is 14.0. The van der Waals surface area contributed by atoms with Gasteiger partial charge in [-0.15, -0.1) is 0 Å². The monoisotopic (exact) mass is 707 g/mol. The van der Waals surface area contributed by atoms with Crippen molar-refractivity contribution < 1.29 is 17.9 Å². The van der Waals surface area contributed by atoms with Crippen LogP contribution in [0.15, 0.2) is 30.3 Å². The van der Waals surface area contributed by atoms with E-state index in [-0.39, 0.29) is 39.2 Å². The van der Waals surface area contributed by atoms with Gasteiger partial charge in [-0.2, -0.15) is 0 Å². The van der Waals surface area contributed by atoms with Gasteiger partial charge in [0.15, 0.2) is 9.84 Å². The maximum atomic E-state index is 12.1. The molecule has 1 heterocycles. The van der Waals surface area contributed by atoms with Crippen LogP contribution < -0.4 is 11.1 Å². The van der Waals surface area contributed by atoms with Crippen molar-refractivity contribution in [2.75, 3.05) is 44.8 Å². The van der Waals surface area contributed by atoms with Crippen LogP contribution in [0.3, 0.4) is 0 Å². The number of rotatable bonds is 7. The van der Waals surface area contributed by atoms with Crippen LogP contribution in [0.4, 0.5) is 0 Å². The fraction of sp³-hybridized carbons (Fsp3) is 0.786. The highest BCUT2D eigenvalue weighted by molar-refractivity contribution is 7.91. The lowest BCUT2D eigenvalue weighted by Crippen LogP contribution is -2.68. The number of benzene rings is 1. The van der Waals surface area contributed by atoms with Crippen LogP contribution in [0.1, 0.15) is 115 Å². The molecule has 5 fully saturated rings. The van der Waals surface area contributed by atoms with Gasteiger partial charge in [-0.25, -0.2) is 13.2 Å². The number of hydrogen-bond donors (Lipinski definition) is 2. The van der Waals surface area contributed by atoms with Crippen LogP contribution in [0.5, 0.6) is 0 Å². The molecule has 2 unspecified atom stereocenters. The van der Waals surface area contributed by atoms with Crippen molar-refractivity contribution in [1.29, 1.82) is 0 Å². The molecule has 1 aromatic rings. The molecule has 4 saturated carbocycles. The zero-order valence-corrected chi connectivity index (χ0v) is 32.8. The second-order valence-corrected chi connectivity index (χ2v) is 21.2. The first kappa shape index (κ1) is 36.6. The van der Waals surface area contributed by atoms with Gasteiger partial charge in [-0.3, -0.25) is 0 Å². The normalized spacial score (nSPS) is 42.6. The molecule has 10 atom stereocenters. The summed E-state index contributed by atoms with van der Waals surface area (Å²) in [5.41, 5.74) is 11.1. The lowest BCUT2D eigenvalue weighted by Gasteiger charge is -2.72. The number of nitrogens with one attached hydrogen (secondary N) is 1. The SMILES string of the molecule is COC(=O)c1ccc(C2=CC[C@]3(C)[C@H]4CCC5[C@H]6[C@H](C(C)N)CC[C@]6(NCCN6CCS(=O)(=O)CC6)CC[C@@]5(C)[C@]4(C)CC[C@H]3C2(C)C)cc1. The van der Waals surface area contributed by atoms with E-state index in [4.69, 9.17) is 10.5 Å². The molecular weight excluding hydrogens is 643 g/mol. The number of nitrogens with zero attached hydrogens (tertiary/aromatic N) is 1. The molecule has 8 heteroatoms. The van der Waals surface area contributed by atoms with Gasteiger partial charge in [-0.05, 0) is 139 Å². The lowest BCUT2D eigenvalue weighted by molar-refractivity contribution is -0.220. The van der Waals surface area contributed by atoms with Gasteiger partial charge in [-0.1, -0.05) is 52.8 Å². The predicted octanol–water partition coefficient (Wildman–Crippen LogP) is 6.97. The number of sulfone groups is 1. The Balaban J connectivity index is 1.14. The Hall–Kier alpha value is -1.74. The summed E-state index contributed by atoms with van der Waals surface area (Å²) in [7, 11) is -1.42. The number of nitrogens with two attached hydrogens (primary N) is 1. The number of esters is 1. The van der Waals surface area contributed by atoms with E-state index in [2.05, 4.69) is 70.0 Å². The van der Waals surface area contributed by atoms with E-state index >= 15 is 0 Å². The zero-order valence-electron chi connectivity index (χ0n) is 32.0. The largest absolute Gasteiger partial charge is 0.465 e. The van der Waals surface area contributed by atoms with Crippen molar-refractivity contribution in [1.82, 2.24) is 10.2 Å². The van der Waals surface area contributed by atoms with Gasteiger partial charge >= 0.3 is 5.97 Å². The highest BCUT2D eigenvalue weighted by Gasteiger charge is 2.70. The van der Waals surface area contributed by atoms with Crippen LogP contribution in [0.2, 0.25) is 0 Å². The van der Waals surface area contributed by atoms with Crippen molar-refractivity contribution in [2.24, 2.45) is 57.0 Å². The minimum atomic E-state index is -2.86. The van der Waals surface area contributed by atoms with E-state index in [9.17, 15) is 13.2 Å². The molecule has 0 radical (unpaired) electrons. The molecule has 5 aliphatic carbocycles. The minimum absolute atomic E-state index is 0.0363. The summed E-state index contributed by atoms with van der Waals surface area (Å²) < 4.78 is 29.0. The Bertz CT molecular complexity index is 1590. The summed E-state index contributed by atoms with van der Waals surface area (Å²) in [4.78, 5) is 14.5. The molecule has 0 bridgehead atoms. The topological polar surface area (TPSA) is 102 Å². The highest BCUT2D eigenvalue weighted by atomic mass is 32.2. The van der Waals surface area contributed by atoms with Crippen LogP contribution in [-0.2, 0) is 14.6 Å². The molecule has 0 amide bonds. The minimum Gasteiger partial charge on any atom is -0.465 e. The molecule has 6 aliphatic rings. The van der Waals surface area contributed by atoms with Gasteiger partial charge in [0.25, 0.3) is 0 Å². The van der Waals surface area contributed by atoms with Crippen molar-refractivity contribution in [2.45, 2.75) is 111 Å². The quantitative estimate of drug-likeness (QED) is 0.296. The molecule has 278 valence electrons. The van der Waals surface area contributed by atoms with E-state index in [1.807, 2.05) is 12.1 Å². The highest BCUT2D eigenvalue weighted by Crippen LogP contribution is 2.76. The second-order valence-electron chi connectivity index (χ2n) is 18.9. The Morgan fingerprint density at radius 3 is 2.30 bits per heavy atom. The average molecular weight is 708 g/mol. The lowest BCUT2D eigenvalue weighted by atomic mass is 9.33. The van der Waals surface area contributed by atoms with Crippen LogP contribution in [0, 0.1) is 51.2 Å². The molecule has 3 N–H and O–H groups in total. The summed E-state index contributed by atoms with van der Waals surface area (Å²) in [6.45, 7) is 18.5. The number of ether oxygens (including phenoxy) is 1. The zero-order chi connectivity index (χ0) is 35.9. The van der Waals surface area contributed by atoms with Crippen molar-refractivity contribution in [3.63, 3.8) is 0 Å². The number of carbonyl (C=O) groups is 1. The molecule has 1 saturated heterocycles.